The van der Waals surface area contributed by atoms with Crippen LogP contribution in [-0.2, 0) is 9.53 Å². The Labute approximate surface area is 138 Å². The van der Waals surface area contributed by atoms with Crippen molar-refractivity contribution in [3.05, 3.63) is 17.7 Å². The fraction of sp³-hybridized carbons (Fsp3) is 0.500. The highest BCUT2D eigenvalue weighted by molar-refractivity contribution is 5.95. The van der Waals surface area contributed by atoms with Crippen molar-refractivity contribution in [3.63, 3.8) is 0 Å². The van der Waals surface area contributed by atoms with Crippen LogP contribution in [0, 0.1) is 0 Å². The highest BCUT2D eigenvalue weighted by Gasteiger charge is 2.28. The first-order chi connectivity index (χ1) is 11.6. The van der Waals surface area contributed by atoms with Crippen LogP contribution in [0.4, 0.5) is 0 Å². The highest BCUT2D eigenvalue weighted by Crippen LogP contribution is 2.40. The highest BCUT2D eigenvalue weighted by atomic mass is 16.6. The molecule has 1 unspecified atom stereocenters. The molecule has 8 heteroatoms. The molecule has 2 heterocycles. The summed E-state index contributed by atoms with van der Waals surface area (Å²) in [6.45, 7) is 1.79. The van der Waals surface area contributed by atoms with Crippen molar-refractivity contribution in [2.75, 3.05) is 40.0 Å². The lowest BCUT2D eigenvalue weighted by molar-refractivity contribution is -0.141. The van der Waals surface area contributed by atoms with Gasteiger partial charge in [-0.05, 0) is 12.1 Å². The number of morpholine rings is 1. The number of carbonyl (C=O) groups excluding carboxylic acids is 1. The first kappa shape index (κ1) is 16.4. The van der Waals surface area contributed by atoms with Crippen LogP contribution in [0.25, 0.3) is 0 Å². The van der Waals surface area contributed by atoms with Crippen molar-refractivity contribution in [3.8, 4) is 17.2 Å². The van der Waals surface area contributed by atoms with Crippen molar-refractivity contribution < 1.29 is 33.6 Å². The molecule has 0 saturated carbocycles. The molecule has 2 aliphatic heterocycles. The molecular formula is C16H19NO7. The molecule has 2 aliphatic rings. The van der Waals surface area contributed by atoms with E-state index in [2.05, 4.69) is 0 Å². The second kappa shape index (κ2) is 6.96. The van der Waals surface area contributed by atoms with Gasteiger partial charge in [0.05, 0.1) is 26.2 Å². The molecule has 1 amide bonds. The number of amides is 1. The molecular weight excluding hydrogens is 318 g/mol. The van der Waals surface area contributed by atoms with Gasteiger partial charge in [0, 0.05) is 18.7 Å². The summed E-state index contributed by atoms with van der Waals surface area (Å²) in [5.41, 5.74) is 0.409. The van der Waals surface area contributed by atoms with Gasteiger partial charge in [0.1, 0.15) is 13.2 Å². The van der Waals surface area contributed by atoms with Gasteiger partial charge in [0.2, 0.25) is 5.75 Å². The van der Waals surface area contributed by atoms with Crippen LogP contribution < -0.4 is 14.2 Å². The van der Waals surface area contributed by atoms with E-state index in [-0.39, 0.29) is 18.9 Å². The number of nitrogens with zero attached hydrogens (tertiary/aromatic N) is 1. The number of benzene rings is 1. The molecule has 0 radical (unpaired) electrons. The topological polar surface area (TPSA) is 94.5 Å². The van der Waals surface area contributed by atoms with E-state index in [0.717, 1.165) is 0 Å². The standard InChI is InChI=1S/C16H19NO7/c1-21-12-6-10(7-13-15(12)24-5-4-23-13)16(20)17-2-3-22-11(9-17)8-14(18)19/h6-7,11H,2-5,8-9H2,1H3,(H,18,19). The van der Waals surface area contributed by atoms with Crippen molar-refractivity contribution in [1.29, 1.82) is 0 Å². The molecule has 0 aliphatic carbocycles. The van der Waals surface area contributed by atoms with E-state index in [1.807, 2.05) is 0 Å². The average Bonchev–Trinajstić information content (AvgIpc) is 2.59. The van der Waals surface area contributed by atoms with Crippen LogP contribution in [0.5, 0.6) is 17.2 Å². The van der Waals surface area contributed by atoms with E-state index in [4.69, 9.17) is 24.1 Å². The van der Waals surface area contributed by atoms with Crippen LogP contribution in [-0.4, -0.2) is 68.0 Å². The number of fused-ring (bicyclic) bond motifs is 1. The Morgan fingerprint density at radius 3 is 2.83 bits per heavy atom. The van der Waals surface area contributed by atoms with E-state index >= 15 is 0 Å². The van der Waals surface area contributed by atoms with E-state index in [9.17, 15) is 9.59 Å². The second-order valence-corrected chi connectivity index (χ2v) is 5.54. The quantitative estimate of drug-likeness (QED) is 0.867. The Bertz CT molecular complexity index is 628. The molecule has 8 nitrogen and oxygen atoms in total. The predicted octanol–water partition coefficient (Wildman–Crippen LogP) is 0.782. The maximum Gasteiger partial charge on any atom is 0.306 e. The third-order valence-corrected chi connectivity index (χ3v) is 3.90. The van der Waals surface area contributed by atoms with Crippen LogP contribution in [0.15, 0.2) is 12.1 Å². The zero-order valence-electron chi connectivity index (χ0n) is 13.3. The Hall–Kier alpha value is -2.48. The summed E-state index contributed by atoms with van der Waals surface area (Å²) in [6, 6.07) is 3.23. The van der Waals surface area contributed by atoms with Crippen LogP contribution in [0.2, 0.25) is 0 Å². The molecule has 1 fully saturated rings. The lowest BCUT2D eigenvalue weighted by Gasteiger charge is -2.32. The molecule has 1 saturated heterocycles. The van der Waals surface area contributed by atoms with Crippen molar-refractivity contribution in [1.82, 2.24) is 4.90 Å². The summed E-state index contributed by atoms with van der Waals surface area (Å²) in [4.78, 5) is 25.2. The maximum atomic E-state index is 12.8. The molecule has 1 N–H and O–H groups in total. The van der Waals surface area contributed by atoms with Gasteiger partial charge >= 0.3 is 5.97 Å². The minimum absolute atomic E-state index is 0.131. The van der Waals surface area contributed by atoms with Crippen molar-refractivity contribution >= 4 is 11.9 Å². The number of carbonyl (C=O) groups is 2. The lowest BCUT2D eigenvalue weighted by Crippen LogP contribution is -2.46. The van der Waals surface area contributed by atoms with Crippen LogP contribution in [0.3, 0.4) is 0 Å². The summed E-state index contributed by atoms with van der Waals surface area (Å²) >= 11 is 0. The smallest absolute Gasteiger partial charge is 0.306 e. The molecule has 24 heavy (non-hydrogen) atoms. The number of hydrogen-bond acceptors (Lipinski definition) is 6. The largest absolute Gasteiger partial charge is 0.493 e. The summed E-state index contributed by atoms with van der Waals surface area (Å²) in [6.07, 6.45) is -0.631. The number of rotatable bonds is 4. The van der Waals surface area contributed by atoms with Gasteiger partial charge in [0.25, 0.3) is 5.91 Å². The van der Waals surface area contributed by atoms with Crippen molar-refractivity contribution in [2.24, 2.45) is 0 Å². The first-order valence-electron chi connectivity index (χ1n) is 7.69. The number of methoxy groups -OCH3 is 1. The fourth-order valence-electron chi connectivity index (χ4n) is 2.80. The minimum atomic E-state index is -0.949. The summed E-state index contributed by atoms with van der Waals surface area (Å²) < 4.78 is 21.7. The SMILES string of the molecule is COc1cc(C(=O)N2CCOC(CC(=O)O)C2)cc2c1OCCO2. The van der Waals surface area contributed by atoms with E-state index < -0.39 is 12.1 Å². The van der Waals surface area contributed by atoms with Gasteiger partial charge in [-0.2, -0.15) is 0 Å². The maximum absolute atomic E-state index is 12.8. The average molecular weight is 337 g/mol. The molecule has 0 aromatic heterocycles. The van der Waals surface area contributed by atoms with Gasteiger partial charge in [-0.3, -0.25) is 9.59 Å². The number of hydrogen-bond donors (Lipinski definition) is 1. The predicted molar refractivity (Wildman–Crippen MR) is 81.9 cm³/mol. The summed E-state index contributed by atoms with van der Waals surface area (Å²) in [7, 11) is 1.50. The Kier molecular flexibility index (Phi) is 4.75. The summed E-state index contributed by atoms with van der Waals surface area (Å²) in [5.74, 6) is 0.232. The Morgan fingerprint density at radius 1 is 1.29 bits per heavy atom. The van der Waals surface area contributed by atoms with E-state index in [1.165, 1.54) is 7.11 Å². The van der Waals surface area contributed by atoms with Gasteiger partial charge in [-0.15, -0.1) is 0 Å². The zero-order chi connectivity index (χ0) is 17.1. The third-order valence-electron chi connectivity index (χ3n) is 3.90. The lowest BCUT2D eigenvalue weighted by atomic mass is 10.1. The van der Waals surface area contributed by atoms with E-state index in [0.29, 0.717) is 49.2 Å². The third kappa shape index (κ3) is 3.38. The van der Waals surface area contributed by atoms with E-state index in [1.54, 1.807) is 17.0 Å². The Balaban J connectivity index is 1.80. The van der Waals surface area contributed by atoms with Crippen molar-refractivity contribution in [2.45, 2.75) is 12.5 Å². The molecule has 130 valence electrons. The molecule has 3 rings (SSSR count). The second-order valence-electron chi connectivity index (χ2n) is 5.54. The Morgan fingerprint density at radius 2 is 2.08 bits per heavy atom. The monoisotopic (exact) mass is 337 g/mol. The van der Waals surface area contributed by atoms with Gasteiger partial charge in [-0.25, -0.2) is 0 Å². The zero-order valence-corrected chi connectivity index (χ0v) is 13.3. The minimum Gasteiger partial charge on any atom is -0.493 e. The van der Waals surface area contributed by atoms with Gasteiger partial charge in [-0.1, -0.05) is 0 Å². The number of carboxylic acid groups (broad SMARTS) is 1. The number of carboxylic acids is 1. The fourth-order valence-corrected chi connectivity index (χ4v) is 2.80. The summed E-state index contributed by atoms with van der Waals surface area (Å²) in [5, 5.41) is 8.88. The van der Waals surface area contributed by atoms with Gasteiger partial charge < -0.3 is 29.0 Å². The molecule has 0 bridgehead atoms. The molecule has 1 aromatic rings. The van der Waals surface area contributed by atoms with Crippen LogP contribution in [0.1, 0.15) is 16.8 Å². The van der Waals surface area contributed by atoms with Crippen LogP contribution >= 0.6 is 0 Å². The molecule has 1 atom stereocenters. The number of aliphatic carboxylic acids is 1. The molecule has 0 spiro atoms. The molecule has 1 aromatic carbocycles. The first-order valence-corrected chi connectivity index (χ1v) is 7.69. The van der Waals surface area contributed by atoms with Gasteiger partial charge in [0.15, 0.2) is 11.5 Å². The number of ether oxygens (including phenoxy) is 4. The normalized spacial score (nSPS) is 19.7.